The largest absolute Gasteiger partial charge is 0.465 e. The Kier molecular flexibility index (Phi) is 4.95. The fourth-order valence-electron chi connectivity index (χ4n) is 4.46. The predicted molar refractivity (Wildman–Crippen MR) is 79.5 cm³/mol. The van der Waals surface area contributed by atoms with E-state index in [1.165, 1.54) is 13.3 Å². The lowest BCUT2D eigenvalue weighted by molar-refractivity contribution is -0.176. The van der Waals surface area contributed by atoms with Crippen molar-refractivity contribution in [3.8, 4) is 0 Å². The lowest BCUT2D eigenvalue weighted by atomic mass is 9.72. The molecular weight excluding hydrogens is 268 g/mol. The monoisotopic (exact) mass is 296 g/mol. The first-order valence-corrected chi connectivity index (χ1v) is 8.28. The number of esters is 2. The lowest BCUT2D eigenvalue weighted by Crippen LogP contribution is -2.49. The summed E-state index contributed by atoms with van der Waals surface area (Å²) >= 11 is 0. The van der Waals surface area contributed by atoms with E-state index >= 15 is 0 Å². The molecule has 1 aliphatic heterocycles. The Bertz CT molecular complexity index is 406. The van der Waals surface area contributed by atoms with Gasteiger partial charge in [-0.3, -0.25) is 9.59 Å². The summed E-state index contributed by atoms with van der Waals surface area (Å²) < 4.78 is 10.9. The molecule has 21 heavy (non-hydrogen) atoms. The molecule has 5 atom stereocenters. The molecule has 2 fully saturated rings. The summed E-state index contributed by atoms with van der Waals surface area (Å²) in [7, 11) is 0. The van der Waals surface area contributed by atoms with E-state index in [9.17, 15) is 9.59 Å². The highest BCUT2D eigenvalue weighted by atomic mass is 16.6. The average Bonchev–Trinajstić information content (AvgIpc) is 3.03. The first-order valence-electron chi connectivity index (χ1n) is 8.28. The highest BCUT2D eigenvalue weighted by Gasteiger charge is 2.54. The summed E-state index contributed by atoms with van der Waals surface area (Å²) in [6, 6.07) is 0. The Morgan fingerprint density at radius 3 is 2.52 bits per heavy atom. The smallest absolute Gasteiger partial charge is 0.313 e. The van der Waals surface area contributed by atoms with Crippen molar-refractivity contribution in [2.75, 3.05) is 6.61 Å². The van der Waals surface area contributed by atoms with Crippen LogP contribution in [0.1, 0.15) is 59.8 Å². The average molecular weight is 296 g/mol. The van der Waals surface area contributed by atoms with E-state index in [0.29, 0.717) is 24.9 Å². The van der Waals surface area contributed by atoms with E-state index in [-0.39, 0.29) is 23.8 Å². The quantitative estimate of drug-likeness (QED) is 0.730. The first kappa shape index (κ1) is 16.3. The molecule has 0 radical (unpaired) electrons. The highest BCUT2D eigenvalue weighted by molar-refractivity contribution is 5.76. The molecule has 1 saturated carbocycles. The fraction of sp³-hybridized carbons (Fsp3) is 0.882. The number of carbonyl (C=O) groups excluding carboxylic acids is 2. The number of hydrogen-bond donors (Lipinski definition) is 0. The topological polar surface area (TPSA) is 52.6 Å². The number of rotatable bonds is 5. The lowest BCUT2D eigenvalue weighted by Gasteiger charge is -2.40. The van der Waals surface area contributed by atoms with Gasteiger partial charge in [0.05, 0.1) is 12.5 Å². The zero-order valence-electron chi connectivity index (χ0n) is 13.7. The van der Waals surface area contributed by atoms with E-state index in [1.54, 1.807) is 0 Å². The Hall–Kier alpha value is -1.06. The van der Waals surface area contributed by atoms with Crippen LogP contribution in [-0.4, -0.2) is 24.1 Å². The van der Waals surface area contributed by atoms with Crippen LogP contribution >= 0.6 is 0 Å². The zero-order chi connectivity index (χ0) is 15.6. The molecule has 4 nitrogen and oxygen atoms in total. The summed E-state index contributed by atoms with van der Waals surface area (Å²) in [5.74, 6) is 0.642. The van der Waals surface area contributed by atoms with Crippen molar-refractivity contribution in [1.82, 2.24) is 0 Å². The third kappa shape index (κ3) is 3.09. The van der Waals surface area contributed by atoms with E-state index in [4.69, 9.17) is 9.47 Å². The van der Waals surface area contributed by atoms with Crippen LogP contribution in [-0.2, 0) is 19.1 Å². The Balaban J connectivity index is 2.30. The van der Waals surface area contributed by atoms with Crippen molar-refractivity contribution < 1.29 is 19.1 Å². The van der Waals surface area contributed by atoms with Crippen LogP contribution in [0.3, 0.4) is 0 Å². The van der Waals surface area contributed by atoms with Gasteiger partial charge in [-0.05, 0) is 38.0 Å². The van der Waals surface area contributed by atoms with Crippen LogP contribution < -0.4 is 0 Å². The Morgan fingerprint density at radius 1 is 1.33 bits per heavy atom. The van der Waals surface area contributed by atoms with Crippen LogP contribution in [0.2, 0.25) is 0 Å². The van der Waals surface area contributed by atoms with Gasteiger partial charge in [0, 0.05) is 12.8 Å². The van der Waals surface area contributed by atoms with Gasteiger partial charge in [0.25, 0.3) is 0 Å². The normalized spacial score (nSPS) is 35.3. The summed E-state index contributed by atoms with van der Waals surface area (Å²) in [5.41, 5.74) is -0.718. The Labute approximate surface area is 127 Å². The molecule has 0 N–H and O–H groups in total. The third-order valence-electron chi connectivity index (χ3n) is 5.62. The molecule has 5 unspecified atom stereocenters. The minimum absolute atomic E-state index is 0.200. The van der Waals surface area contributed by atoms with Crippen molar-refractivity contribution in [2.24, 2.45) is 23.7 Å². The fourth-order valence-corrected chi connectivity index (χ4v) is 4.46. The van der Waals surface area contributed by atoms with Gasteiger partial charge in [-0.2, -0.15) is 0 Å². The van der Waals surface area contributed by atoms with Crippen molar-refractivity contribution in [3.05, 3.63) is 0 Å². The maximum Gasteiger partial charge on any atom is 0.313 e. The highest BCUT2D eigenvalue weighted by Crippen LogP contribution is 2.50. The summed E-state index contributed by atoms with van der Waals surface area (Å²) in [6.07, 6.45) is 5.10. The number of hydrogen-bond acceptors (Lipinski definition) is 4. The number of ether oxygens (including phenoxy) is 2. The summed E-state index contributed by atoms with van der Waals surface area (Å²) in [6.45, 7) is 8.24. The van der Waals surface area contributed by atoms with Gasteiger partial charge >= 0.3 is 11.9 Å². The molecule has 0 bridgehead atoms. The minimum atomic E-state index is -0.718. The van der Waals surface area contributed by atoms with Crippen LogP contribution in [0, 0.1) is 23.7 Å². The first-order chi connectivity index (χ1) is 9.92. The van der Waals surface area contributed by atoms with E-state index in [0.717, 1.165) is 19.3 Å². The molecular formula is C17H28O4. The predicted octanol–water partition coefficient (Wildman–Crippen LogP) is 3.33. The van der Waals surface area contributed by atoms with Crippen LogP contribution in [0.25, 0.3) is 0 Å². The van der Waals surface area contributed by atoms with Gasteiger partial charge in [-0.25, -0.2) is 0 Å². The van der Waals surface area contributed by atoms with Crippen molar-refractivity contribution in [3.63, 3.8) is 0 Å². The molecule has 1 aliphatic carbocycles. The molecule has 1 saturated heterocycles. The van der Waals surface area contributed by atoms with Gasteiger partial charge in [0.15, 0.2) is 0 Å². The SMILES string of the molecule is CCC1CC(CC)C(C(C)(OC(C)=O)C2CCOC2=O)C1. The maximum absolute atomic E-state index is 12.1. The van der Waals surface area contributed by atoms with Gasteiger partial charge < -0.3 is 9.47 Å². The molecule has 0 aromatic carbocycles. The molecule has 0 aromatic heterocycles. The van der Waals surface area contributed by atoms with Gasteiger partial charge in [0.2, 0.25) is 0 Å². The van der Waals surface area contributed by atoms with Crippen molar-refractivity contribution in [1.29, 1.82) is 0 Å². The molecule has 4 heteroatoms. The summed E-state index contributed by atoms with van der Waals surface area (Å²) in [4.78, 5) is 23.7. The Morgan fingerprint density at radius 2 is 2.05 bits per heavy atom. The van der Waals surface area contributed by atoms with Crippen LogP contribution in [0.4, 0.5) is 0 Å². The molecule has 2 rings (SSSR count). The summed E-state index contributed by atoms with van der Waals surface area (Å²) in [5, 5.41) is 0. The maximum atomic E-state index is 12.1. The molecule has 2 aliphatic rings. The second kappa shape index (κ2) is 6.37. The number of carbonyl (C=O) groups is 2. The number of cyclic esters (lactones) is 1. The van der Waals surface area contributed by atoms with Gasteiger partial charge in [-0.1, -0.05) is 26.7 Å². The minimum Gasteiger partial charge on any atom is -0.465 e. The molecule has 120 valence electrons. The second-order valence-corrected chi connectivity index (χ2v) is 6.81. The van der Waals surface area contributed by atoms with E-state index < -0.39 is 5.60 Å². The van der Waals surface area contributed by atoms with Gasteiger partial charge in [0.1, 0.15) is 5.60 Å². The molecule has 1 heterocycles. The van der Waals surface area contributed by atoms with Crippen LogP contribution in [0.15, 0.2) is 0 Å². The van der Waals surface area contributed by atoms with E-state index in [1.807, 2.05) is 6.92 Å². The van der Waals surface area contributed by atoms with Gasteiger partial charge in [-0.15, -0.1) is 0 Å². The van der Waals surface area contributed by atoms with Crippen molar-refractivity contribution in [2.45, 2.75) is 65.4 Å². The van der Waals surface area contributed by atoms with Crippen molar-refractivity contribution >= 4 is 11.9 Å². The third-order valence-corrected chi connectivity index (χ3v) is 5.62. The molecule has 0 spiro atoms. The van der Waals surface area contributed by atoms with Crippen LogP contribution in [0.5, 0.6) is 0 Å². The molecule has 0 aromatic rings. The second-order valence-electron chi connectivity index (χ2n) is 6.81. The standard InChI is InChI=1S/C17H28O4/c1-5-12-9-13(6-2)15(10-12)17(4,21-11(3)18)14-7-8-20-16(14)19/h12-15H,5-10H2,1-4H3. The van der Waals surface area contributed by atoms with E-state index in [2.05, 4.69) is 13.8 Å². The zero-order valence-corrected chi connectivity index (χ0v) is 13.7. The molecule has 0 amide bonds.